The van der Waals surface area contributed by atoms with Crippen molar-refractivity contribution in [1.82, 2.24) is 0 Å². The first-order chi connectivity index (χ1) is 30.8. The van der Waals surface area contributed by atoms with Gasteiger partial charge in [0.2, 0.25) is 0 Å². The van der Waals surface area contributed by atoms with Gasteiger partial charge in [-0.3, -0.25) is 18.6 Å². The van der Waals surface area contributed by atoms with Crippen molar-refractivity contribution in [3.63, 3.8) is 0 Å². The van der Waals surface area contributed by atoms with Gasteiger partial charge in [-0.1, -0.05) is 211 Å². The first kappa shape index (κ1) is 61.2. The molecule has 0 spiro atoms. The van der Waals surface area contributed by atoms with Crippen LogP contribution >= 0.6 is 7.82 Å². The molecule has 0 saturated carbocycles. The van der Waals surface area contributed by atoms with Crippen LogP contribution in [0.25, 0.3) is 0 Å². The molecule has 2 unspecified atom stereocenters. The first-order valence-corrected chi connectivity index (χ1v) is 28.0. The van der Waals surface area contributed by atoms with E-state index in [1.807, 2.05) is 0 Å². The maximum Gasteiger partial charge on any atom is 0.472 e. The number of allylic oxidation sites excluding steroid dienone is 6. The second kappa shape index (κ2) is 49.7. The number of rotatable bonds is 50. The molecule has 9 nitrogen and oxygen atoms in total. The zero-order chi connectivity index (χ0) is 46.0. The molecular weight excluding hydrogens is 810 g/mol. The number of carbonyl (C=O) groups is 2. The largest absolute Gasteiger partial charge is 0.472 e. The maximum atomic E-state index is 12.6. The van der Waals surface area contributed by atoms with Crippen molar-refractivity contribution in [3.8, 4) is 0 Å². The molecule has 10 heteroatoms. The molecule has 0 radical (unpaired) electrons. The van der Waals surface area contributed by atoms with Crippen LogP contribution in [0.4, 0.5) is 0 Å². The van der Waals surface area contributed by atoms with Crippen LogP contribution in [0.3, 0.4) is 0 Å². The summed E-state index contributed by atoms with van der Waals surface area (Å²) in [6, 6.07) is 0. The lowest BCUT2D eigenvalue weighted by atomic mass is 10.0. The van der Waals surface area contributed by atoms with E-state index in [2.05, 4.69) is 50.3 Å². The van der Waals surface area contributed by atoms with Gasteiger partial charge in [0.05, 0.1) is 13.2 Å². The van der Waals surface area contributed by atoms with Crippen LogP contribution in [0.5, 0.6) is 0 Å². The Hall–Kier alpha value is -1.77. The standard InChI is InChI=1S/C53H100NO8P/c1-3-5-7-9-11-13-15-17-19-20-21-22-23-24-25-26-27-28-29-30-32-33-35-37-39-41-43-45-52(55)59-49-51(50-61-63(57,58)60-48-47-54)62-53(56)46-44-42-40-38-36-34-31-18-16-14-12-10-8-6-4-2/h12,14,18,20-21,31,51H,3-11,13,15-17,19,22-30,32-50,54H2,1-2H3,(H,57,58)/b14-12-,21-20-,31-18-. The van der Waals surface area contributed by atoms with Gasteiger partial charge in [-0.25, -0.2) is 4.57 Å². The van der Waals surface area contributed by atoms with Crippen LogP contribution < -0.4 is 5.73 Å². The highest BCUT2D eigenvalue weighted by Gasteiger charge is 2.26. The summed E-state index contributed by atoms with van der Waals surface area (Å²) >= 11 is 0. The van der Waals surface area contributed by atoms with E-state index in [0.29, 0.717) is 6.42 Å². The lowest BCUT2D eigenvalue weighted by molar-refractivity contribution is -0.161. The van der Waals surface area contributed by atoms with E-state index >= 15 is 0 Å². The molecule has 0 aromatic heterocycles. The summed E-state index contributed by atoms with van der Waals surface area (Å²) in [7, 11) is -4.38. The third kappa shape index (κ3) is 49.5. The highest BCUT2D eigenvalue weighted by Crippen LogP contribution is 2.43. The normalized spacial score (nSPS) is 13.4. The number of hydrogen-bond donors (Lipinski definition) is 2. The molecule has 0 saturated heterocycles. The predicted molar refractivity (Wildman–Crippen MR) is 266 cm³/mol. The van der Waals surface area contributed by atoms with E-state index in [9.17, 15) is 19.0 Å². The lowest BCUT2D eigenvalue weighted by Gasteiger charge is -2.19. The minimum Gasteiger partial charge on any atom is -0.462 e. The number of phosphoric acid groups is 1. The van der Waals surface area contributed by atoms with Gasteiger partial charge < -0.3 is 20.1 Å². The maximum absolute atomic E-state index is 12.6. The number of carbonyl (C=O) groups excluding carboxylic acids is 2. The zero-order valence-electron chi connectivity index (χ0n) is 41.1. The highest BCUT2D eigenvalue weighted by molar-refractivity contribution is 7.47. The fourth-order valence-electron chi connectivity index (χ4n) is 7.54. The minimum atomic E-state index is -4.38. The van der Waals surface area contributed by atoms with Crippen molar-refractivity contribution < 1.29 is 37.6 Å². The van der Waals surface area contributed by atoms with Crippen molar-refractivity contribution in [2.45, 2.75) is 264 Å². The molecule has 0 aromatic carbocycles. The number of hydrogen-bond acceptors (Lipinski definition) is 8. The number of phosphoric ester groups is 1. The van der Waals surface area contributed by atoms with Crippen LogP contribution in [0.2, 0.25) is 0 Å². The lowest BCUT2D eigenvalue weighted by Crippen LogP contribution is -2.29. The van der Waals surface area contributed by atoms with Crippen LogP contribution in [0.1, 0.15) is 258 Å². The fraction of sp³-hybridized carbons (Fsp3) is 0.849. The average Bonchev–Trinajstić information content (AvgIpc) is 3.27. The van der Waals surface area contributed by atoms with Crippen LogP contribution in [0.15, 0.2) is 36.5 Å². The van der Waals surface area contributed by atoms with Crippen molar-refractivity contribution in [3.05, 3.63) is 36.5 Å². The predicted octanol–water partition coefficient (Wildman–Crippen LogP) is 16.1. The van der Waals surface area contributed by atoms with E-state index in [1.165, 1.54) is 167 Å². The summed E-state index contributed by atoms with van der Waals surface area (Å²) < 4.78 is 32.9. The Balaban J connectivity index is 3.94. The second-order valence-electron chi connectivity index (χ2n) is 17.7. The monoisotopic (exact) mass is 910 g/mol. The van der Waals surface area contributed by atoms with E-state index in [4.69, 9.17) is 24.3 Å². The molecule has 0 fully saturated rings. The summed E-state index contributed by atoms with van der Waals surface area (Å²) in [5, 5.41) is 0. The van der Waals surface area contributed by atoms with Crippen LogP contribution in [-0.2, 0) is 32.7 Å². The van der Waals surface area contributed by atoms with E-state index < -0.39 is 26.5 Å². The number of nitrogens with two attached hydrogens (primary N) is 1. The molecule has 0 heterocycles. The highest BCUT2D eigenvalue weighted by atomic mass is 31.2. The quantitative estimate of drug-likeness (QED) is 0.0265. The van der Waals surface area contributed by atoms with Crippen molar-refractivity contribution >= 4 is 19.8 Å². The first-order valence-electron chi connectivity index (χ1n) is 26.5. The molecule has 0 aliphatic carbocycles. The Labute approximate surface area is 388 Å². The molecule has 0 aliphatic heterocycles. The summed E-state index contributed by atoms with van der Waals surface area (Å²) in [5.41, 5.74) is 5.36. The van der Waals surface area contributed by atoms with Crippen molar-refractivity contribution in [2.75, 3.05) is 26.4 Å². The van der Waals surface area contributed by atoms with E-state index in [1.54, 1.807) is 0 Å². The van der Waals surface area contributed by atoms with E-state index in [0.717, 1.165) is 57.8 Å². The second-order valence-corrected chi connectivity index (χ2v) is 19.2. The molecule has 0 aliphatic rings. The van der Waals surface area contributed by atoms with Crippen molar-refractivity contribution in [2.24, 2.45) is 5.73 Å². The Morgan fingerprint density at radius 1 is 0.476 bits per heavy atom. The number of unbranched alkanes of at least 4 members (excludes halogenated alkanes) is 31. The minimum absolute atomic E-state index is 0.0515. The molecule has 0 rings (SSSR count). The van der Waals surface area contributed by atoms with Gasteiger partial charge in [-0.15, -0.1) is 0 Å². The Morgan fingerprint density at radius 3 is 1.25 bits per heavy atom. The SMILES string of the molecule is CCCCC/C=C\C/C=C\CCCCCCCC(=O)OC(COC(=O)CCCCCCCCCCCCCCCCC/C=C\CCCCCCCCCC)COP(=O)(O)OCCN. The number of ether oxygens (including phenoxy) is 2. The van der Waals surface area contributed by atoms with Gasteiger partial charge in [-0.2, -0.15) is 0 Å². The van der Waals surface area contributed by atoms with Crippen LogP contribution in [0, 0.1) is 0 Å². The molecule has 370 valence electrons. The van der Waals surface area contributed by atoms with Crippen LogP contribution in [-0.4, -0.2) is 49.3 Å². The Morgan fingerprint density at radius 2 is 0.825 bits per heavy atom. The molecule has 0 aromatic rings. The topological polar surface area (TPSA) is 134 Å². The molecule has 63 heavy (non-hydrogen) atoms. The summed E-state index contributed by atoms with van der Waals surface area (Å²) in [6.45, 7) is 3.72. The van der Waals surface area contributed by atoms with Crippen molar-refractivity contribution in [1.29, 1.82) is 0 Å². The van der Waals surface area contributed by atoms with Gasteiger partial charge in [-0.05, 0) is 70.6 Å². The Kier molecular flexibility index (Phi) is 48.3. The zero-order valence-corrected chi connectivity index (χ0v) is 42.0. The summed E-state index contributed by atoms with van der Waals surface area (Å²) in [4.78, 5) is 35.0. The summed E-state index contributed by atoms with van der Waals surface area (Å²) in [6.07, 6.45) is 57.7. The van der Waals surface area contributed by atoms with Gasteiger partial charge in [0, 0.05) is 19.4 Å². The fourth-order valence-corrected chi connectivity index (χ4v) is 8.31. The summed E-state index contributed by atoms with van der Waals surface area (Å²) in [5.74, 6) is -0.835. The molecule has 0 amide bonds. The molecule has 2 atom stereocenters. The van der Waals surface area contributed by atoms with Gasteiger partial charge in [0.1, 0.15) is 6.61 Å². The smallest absolute Gasteiger partial charge is 0.462 e. The average molecular weight is 910 g/mol. The third-order valence-electron chi connectivity index (χ3n) is 11.5. The van der Waals surface area contributed by atoms with Gasteiger partial charge in [0.15, 0.2) is 6.10 Å². The third-order valence-corrected chi connectivity index (χ3v) is 12.5. The van der Waals surface area contributed by atoms with E-state index in [-0.39, 0.29) is 38.6 Å². The number of esters is 2. The molecule has 3 N–H and O–H groups in total. The molecular formula is C53H100NO8P. The Bertz CT molecular complexity index is 1130. The van der Waals surface area contributed by atoms with Gasteiger partial charge in [0.25, 0.3) is 0 Å². The molecule has 0 bridgehead atoms. The van der Waals surface area contributed by atoms with Gasteiger partial charge >= 0.3 is 19.8 Å².